The van der Waals surface area contributed by atoms with Gasteiger partial charge in [-0.05, 0) is 71.7 Å². The summed E-state index contributed by atoms with van der Waals surface area (Å²) in [5.74, 6) is -0.799. The third-order valence-corrected chi connectivity index (χ3v) is 11.0. The number of carboxylic acid groups (broad SMARTS) is 1. The minimum Gasteiger partial charge on any atom is -0.465 e. The summed E-state index contributed by atoms with van der Waals surface area (Å²) in [5.41, 5.74) is 3.24. The average Bonchev–Trinajstić information content (AvgIpc) is 3.84. The molecule has 1 saturated carbocycles. The molecular formula is C36H31F2N5O3S. The van der Waals surface area contributed by atoms with Crippen LogP contribution in [0.4, 0.5) is 13.6 Å². The summed E-state index contributed by atoms with van der Waals surface area (Å²) in [5, 5.41) is 22.9. The topological polar surface area (TPSA) is 102 Å². The highest BCUT2D eigenvalue weighted by molar-refractivity contribution is 7.98. The fraction of sp³-hybridized carbons (Fsp3) is 0.333. The van der Waals surface area contributed by atoms with Crippen molar-refractivity contribution in [3.8, 4) is 17.2 Å². The molecule has 5 aromatic rings. The van der Waals surface area contributed by atoms with Crippen molar-refractivity contribution in [2.75, 3.05) is 19.3 Å². The Hall–Kier alpha value is -4.69. The number of fused-ring (bicyclic) bond motifs is 5. The van der Waals surface area contributed by atoms with E-state index in [4.69, 9.17) is 4.98 Å². The van der Waals surface area contributed by atoms with Crippen LogP contribution in [0.5, 0.6) is 0 Å². The van der Waals surface area contributed by atoms with Gasteiger partial charge in [-0.2, -0.15) is 5.26 Å². The molecule has 5 heterocycles. The quantitative estimate of drug-likeness (QED) is 0.183. The van der Waals surface area contributed by atoms with E-state index in [1.165, 1.54) is 28.8 Å². The lowest BCUT2D eigenvalue weighted by Crippen LogP contribution is -2.43. The largest absolute Gasteiger partial charge is 0.465 e. The van der Waals surface area contributed by atoms with E-state index in [1.54, 1.807) is 12.1 Å². The maximum atomic E-state index is 17.3. The maximum absolute atomic E-state index is 17.3. The summed E-state index contributed by atoms with van der Waals surface area (Å²) in [6.45, 7) is 1.44. The summed E-state index contributed by atoms with van der Waals surface area (Å²) in [6, 6.07) is 15.7. The second-order valence-corrected chi connectivity index (χ2v) is 13.5. The Labute approximate surface area is 273 Å². The van der Waals surface area contributed by atoms with Crippen molar-refractivity contribution in [2.24, 2.45) is 5.92 Å². The van der Waals surface area contributed by atoms with Crippen LogP contribution in [0.1, 0.15) is 43.0 Å². The molecule has 1 N–H and O–H groups in total. The van der Waals surface area contributed by atoms with Gasteiger partial charge in [-0.25, -0.2) is 18.6 Å². The number of nitriles is 1. The van der Waals surface area contributed by atoms with Crippen molar-refractivity contribution < 1.29 is 23.5 Å². The first-order valence-electron chi connectivity index (χ1n) is 15.8. The van der Waals surface area contributed by atoms with Gasteiger partial charge in [0.2, 0.25) is 5.91 Å². The molecule has 3 atom stereocenters. The SMILES string of the molecule is CSc1nc2c(F)c(-c3cccc4ccc(F)cc34)c(CCC#N)cc2c2c1cc(CN1CCCC1=O)n2[C@H]1[C@@H]2C[C@H]1N(C(=O)O)C2. The van der Waals surface area contributed by atoms with Gasteiger partial charge < -0.3 is 19.5 Å². The van der Waals surface area contributed by atoms with E-state index in [1.807, 2.05) is 35.4 Å². The van der Waals surface area contributed by atoms with Crippen molar-refractivity contribution in [3.63, 3.8) is 0 Å². The molecule has 2 amide bonds. The Morgan fingerprint density at radius 3 is 2.72 bits per heavy atom. The van der Waals surface area contributed by atoms with Crippen LogP contribution in [0.15, 0.2) is 53.6 Å². The molecule has 238 valence electrons. The minimum atomic E-state index is -0.954. The van der Waals surface area contributed by atoms with Crippen LogP contribution in [0.2, 0.25) is 0 Å². The number of hydrogen-bond donors (Lipinski definition) is 1. The highest BCUT2D eigenvalue weighted by Gasteiger charge is 2.55. The van der Waals surface area contributed by atoms with E-state index in [0.29, 0.717) is 58.5 Å². The maximum Gasteiger partial charge on any atom is 0.407 e. The van der Waals surface area contributed by atoms with Crippen LogP contribution in [-0.4, -0.2) is 61.8 Å². The molecule has 4 fully saturated rings. The van der Waals surface area contributed by atoms with Gasteiger partial charge in [0.1, 0.15) is 16.4 Å². The number of halogens is 2. The fourth-order valence-electron chi connectivity index (χ4n) is 8.18. The molecule has 0 radical (unpaired) electrons. The lowest BCUT2D eigenvalue weighted by atomic mass is 9.79. The van der Waals surface area contributed by atoms with Crippen LogP contribution in [0, 0.1) is 28.9 Å². The molecule has 0 unspecified atom stereocenters. The van der Waals surface area contributed by atoms with Crippen molar-refractivity contribution in [1.82, 2.24) is 19.4 Å². The second-order valence-electron chi connectivity index (χ2n) is 12.7. The zero-order valence-electron chi connectivity index (χ0n) is 25.7. The molecule has 47 heavy (non-hydrogen) atoms. The Morgan fingerprint density at radius 1 is 1.15 bits per heavy atom. The third-order valence-electron chi connectivity index (χ3n) is 10.3. The molecule has 1 aliphatic carbocycles. The second kappa shape index (κ2) is 11.2. The molecule has 4 aliphatic rings. The number of aromatic nitrogens is 2. The fourth-order valence-corrected chi connectivity index (χ4v) is 8.74. The minimum absolute atomic E-state index is 0.0830. The Morgan fingerprint density at radius 2 is 2.00 bits per heavy atom. The molecule has 9 rings (SSSR count). The van der Waals surface area contributed by atoms with Gasteiger partial charge in [0, 0.05) is 53.9 Å². The Balaban J connectivity index is 1.43. The van der Waals surface area contributed by atoms with Gasteiger partial charge >= 0.3 is 6.09 Å². The average molecular weight is 652 g/mol. The van der Waals surface area contributed by atoms with Gasteiger partial charge in [-0.15, -0.1) is 11.8 Å². The zero-order valence-corrected chi connectivity index (χ0v) is 26.5. The molecule has 2 aromatic heterocycles. The number of nitrogens with zero attached hydrogens (tertiary/aromatic N) is 5. The lowest BCUT2D eigenvalue weighted by Gasteiger charge is -2.39. The van der Waals surface area contributed by atoms with E-state index in [2.05, 4.69) is 10.6 Å². The lowest BCUT2D eigenvalue weighted by molar-refractivity contribution is -0.128. The van der Waals surface area contributed by atoms with Crippen LogP contribution in [0.3, 0.4) is 0 Å². The van der Waals surface area contributed by atoms with Gasteiger partial charge in [-0.1, -0.05) is 24.3 Å². The number of aryl methyl sites for hydroxylation is 1. The third kappa shape index (κ3) is 4.56. The number of amides is 2. The van der Waals surface area contributed by atoms with E-state index < -0.39 is 17.7 Å². The standard InChI is InChI=1S/C36H31F2N5O3S/c1-47-35-27-16-23(18-41-12-4-8-29(41)44)43(33-21-14-28(33)42(17-21)36(45)46)34(27)26-13-20(6-3-11-39)30(31(38)32(26)40-35)24-7-2-5-19-9-10-22(37)15-25(19)24/h2,5,7,9-10,13,15-16,21,28,33H,3-4,6,8,12,14,17-18H2,1H3,(H,45,46)/t21-,28-,33+/m1/s1. The van der Waals surface area contributed by atoms with Gasteiger partial charge in [0.05, 0.1) is 30.2 Å². The molecule has 8 nitrogen and oxygen atoms in total. The highest BCUT2D eigenvalue weighted by Crippen LogP contribution is 2.53. The molecule has 0 spiro atoms. The van der Waals surface area contributed by atoms with Crippen molar-refractivity contribution >= 4 is 56.3 Å². The van der Waals surface area contributed by atoms with Crippen LogP contribution in [-0.2, 0) is 17.8 Å². The number of pyridine rings is 1. The summed E-state index contributed by atoms with van der Waals surface area (Å²) < 4.78 is 34.0. The first-order chi connectivity index (χ1) is 22.8. The van der Waals surface area contributed by atoms with E-state index in [-0.39, 0.29) is 42.3 Å². The van der Waals surface area contributed by atoms with Crippen LogP contribution in [0.25, 0.3) is 43.7 Å². The van der Waals surface area contributed by atoms with Gasteiger partial charge in [0.15, 0.2) is 5.82 Å². The van der Waals surface area contributed by atoms with Crippen LogP contribution >= 0.6 is 11.8 Å². The molecular weight excluding hydrogens is 620 g/mol. The number of hydrogen-bond acceptors (Lipinski definition) is 5. The molecule has 2 bridgehead atoms. The number of carbonyl (C=O) groups is 2. The summed E-state index contributed by atoms with van der Waals surface area (Å²) in [6.07, 6.45) is 3.40. The monoisotopic (exact) mass is 651 g/mol. The van der Waals surface area contributed by atoms with Gasteiger partial charge in [-0.3, -0.25) is 4.79 Å². The van der Waals surface area contributed by atoms with E-state index >= 15 is 4.39 Å². The number of benzene rings is 3. The van der Waals surface area contributed by atoms with Crippen molar-refractivity contribution in [1.29, 1.82) is 5.26 Å². The number of likely N-dealkylation sites (tertiary alicyclic amines) is 1. The summed E-state index contributed by atoms with van der Waals surface area (Å²) >= 11 is 1.40. The van der Waals surface area contributed by atoms with Gasteiger partial charge in [0.25, 0.3) is 0 Å². The van der Waals surface area contributed by atoms with E-state index in [9.17, 15) is 24.3 Å². The molecule has 3 aromatic carbocycles. The highest BCUT2D eigenvalue weighted by atomic mass is 32.2. The van der Waals surface area contributed by atoms with Crippen LogP contribution < -0.4 is 0 Å². The first kappa shape index (κ1) is 29.7. The molecule has 11 heteroatoms. The van der Waals surface area contributed by atoms with Crippen molar-refractivity contribution in [2.45, 2.75) is 55.8 Å². The summed E-state index contributed by atoms with van der Waals surface area (Å²) in [7, 11) is 0. The molecule has 3 saturated heterocycles. The predicted molar refractivity (Wildman–Crippen MR) is 176 cm³/mol. The normalized spacial score (nSPS) is 20.5. The van der Waals surface area contributed by atoms with E-state index in [0.717, 1.165) is 34.8 Å². The number of thioether (sulfide) groups is 1. The predicted octanol–water partition coefficient (Wildman–Crippen LogP) is 7.51. The number of carbonyl (C=O) groups excluding carboxylic acids is 1. The smallest absolute Gasteiger partial charge is 0.407 e. The Bertz CT molecular complexity index is 2190. The molecule has 3 aliphatic heterocycles. The van der Waals surface area contributed by atoms with Crippen molar-refractivity contribution in [3.05, 3.63) is 71.4 Å². The first-order valence-corrected chi connectivity index (χ1v) is 17.1. The Kier molecular flexibility index (Phi) is 7.10. The summed E-state index contributed by atoms with van der Waals surface area (Å²) in [4.78, 5) is 33.1. The zero-order chi connectivity index (χ0) is 32.6. The number of rotatable bonds is 7.